The summed E-state index contributed by atoms with van der Waals surface area (Å²) in [4.78, 5) is 21.0. The molecule has 110 valence electrons. The number of halogens is 1. The summed E-state index contributed by atoms with van der Waals surface area (Å²) >= 11 is 3.11. The second-order valence-electron chi connectivity index (χ2n) is 4.24. The second kappa shape index (κ2) is 7.32. The van der Waals surface area contributed by atoms with Crippen LogP contribution in [0.5, 0.6) is 0 Å². The number of hydrogen-bond acceptors (Lipinski definition) is 5. The van der Waals surface area contributed by atoms with Crippen molar-refractivity contribution in [3.05, 3.63) is 38.3 Å². The van der Waals surface area contributed by atoms with E-state index in [2.05, 4.69) is 21.2 Å². The standard InChI is InChI=1S/C12H15BrN2O5/c1-7(16)14-5-4-11(17)12(18)9-3-2-8(13)6-10(9)15(19)20/h2-3,6,11-12,17-18H,4-5H2,1H3,(H,14,16). The molecule has 0 aromatic heterocycles. The topological polar surface area (TPSA) is 113 Å². The van der Waals surface area contributed by atoms with Crippen LogP contribution >= 0.6 is 15.9 Å². The van der Waals surface area contributed by atoms with Gasteiger partial charge >= 0.3 is 0 Å². The van der Waals surface area contributed by atoms with Gasteiger partial charge in [0, 0.05) is 24.0 Å². The highest BCUT2D eigenvalue weighted by Crippen LogP contribution is 2.30. The number of nitro benzene ring substituents is 1. The van der Waals surface area contributed by atoms with Crippen molar-refractivity contribution in [3.63, 3.8) is 0 Å². The third kappa shape index (κ3) is 4.55. The minimum atomic E-state index is -1.39. The highest BCUT2D eigenvalue weighted by Gasteiger charge is 2.26. The fourth-order valence-corrected chi connectivity index (χ4v) is 2.04. The third-order valence-electron chi connectivity index (χ3n) is 2.69. The van der Waals surface area contributed by atoms with Crippen molar-refractivity contribution in [1.82, 2.24) is 5.32 Å². The smallest absolute Gasteiger partial charge is 0.276 e. The van der Waals surface area contributed by atoms with Crippen LogP contribution in [0.1, 0.15) is 25.0 Å². The SMILES string of the molecule is CC(=O)NCCC(O)C(O)c1ccc(Br)cc1[N+](=O)[O-]. The Morgan fingerprint density at radius 3 is 2.70 bits per heavy atom. The molecule has 2 unspecified atom stereocenters. The lowest BCUT2D eigenvalue weighted by Crippen LogP contribution is -2.27. The van der Waals surface area contributed by atoms with Crippen LogP contribution in [0.4, 0.5) is 5.69 Å². The molecule has 0 saturated carbocycles. The van der Waals surface area contributed by atoms with Gasteiger partial charge in [-0.15, -0.1) is 0 Å². The number of carbonyl (C=O) groups is 1. The molecule has 0 spiro atoms. The van der Waals surface area contributed by atoms with Crippen LogP contribution in [-0.2, 0) is 4.79 Å². The van der Waals surface area contributed by atoms with Crippen LogP contribution in [-0.4, -0.2) is 33.7 Å². The van der Waals surface area contributed by atoms with Crippen LogP contribution in [0.2, 0.25) is 0 Å². The van der Waals surface area contributed by atoms with Crippen LogP contribution in [0.3, 0.4) is 0 Å². The van der Waals surface area contributed by atoms with Crippen molar-refractivity contribution in [2.45, 2.75) is 25.6 Å². The molecule has 0 heterocycles. The zero-order valence-electron chi connectivity index (χ0n) is 10.7. The summed E-state index contributed by atoms with van der Waals surface area (Å²) in [6.45, 7) is 1.51. The van der Waals surface area contributed by atoms with Crippen LogP contribution in [0.25, 0.3) is 0 Å². The van der Waals surface area contributed by atoms with Crippen molar-refractivity contribution >= 4 is 27.5 Å². The molecule has 0 aliphatic heterocycles. The van der Waals surface area contributed by atoms with Gasteiger partial charge in [-0.05, 0) is 18.6 Å². The fraction of sp³-hybridized carbons (Fsp3) is 0.417. The van der Waals surface area contributed by atoms with Gasteiger partial charge < -0.3 is 15.5 Å². The van der Waals surface area contributed by atoms with Gasteiger partial charge in [0.2, 0.25) is 5.91 Å². The lowest BCUT2D eigenvalue weighted by Gasteiger charge is -2.18. The Kier molecular flexibility index (Phi) is 6.05. The first-order chi connectivity index (χ1) is 9.32. The van der Waals surface area contributed by atoms with Crippen molar-refractivity contribution in [3.8, 4) is 0 Å². The monoisotopic (exact) mass is 346 g/mol. The van der Waals surface area contributed by atoms with Crippen molar-refractivity contribution in [1.29, 1.82) is 0 Å². The number of nitrogens with one attached hydrogen (secondary N) is 1. The van der Waals surface area contributed by atoms with E-state index < -0.39 is 17.1 Å². The summed E-state index contributed by atoms with van der Waals surface area (Å²) in [5.74, 6) is -0.249. The van der Waals surface area contributed by atoms with Gasteiger partial charge in [0.05, 0.1) is 16.6 Å². The molecule has 20 heavy (non-hydrogen) atoms. The summed E-state index contributed by atoms with van der Waals surface area (Å²) in [6, 6.07) is 4.19. The Hall–Kier alpha value is -1.51. The number of aliphatic hydroxyl groups excluding tert-OH is 2. The van der Waals surface area contributed by atoms with Gasteiger partial charge in [-0.2, -0.15) is 0 Å². The molecule has 1 aromatic carbocycles. The van der Waals surface area contributed by atoms with Gasteiger partial charge in [0.15, 0.2) is 0 Å². The van der Waals surface area contributed by atoms with E-state index in [1.54, 1.807) is 6.07 Å². The first kappa shape index (κ1) is 16.5. The number of carbonyl (C=O) groups excluding carboxylic acids is 1. The molecule has 1 rings (SSSR count). The minimum Gasteiger partial charge on any atom is -0.390 e. The first-order valence-electron chi connectivity index (χ1n) is 5.87. The molecule has 0 radical (unpaired) electrons. The molecule has 0 fully saturated rings. The van der Waals surface area contributed by atoms with Crippen LogP contribution in [0, 0.1) is 10.1 Å². The number of amides is 1. The number of nitro groups is 1. The van der Waals surface area contributed by atoms with E-state index in [0.717, 1.165) is 0 Å². The van der Waals surface area contributed by atoms with E-state index in [1.165, 1.54) is 19.1 Å². The zero-order valence-corrected chi connectivity index (χ0v) is 12.3. The molecule has 0 aliphatic rings. The van der Waals surface area contributed by atoms with Gasteiger partial charge in [-0.25, -0.2) is 0 Å². The highest BCUT2D eigenvalue weighted by molar-refractivity contribution is 9.10. The Labute approximate surface area is 123 Å². The lowest BCUT2D eigenvalue weighted by molar-refractivity contribution is -0.386. The quantitative estimate of drug-likeness (QED) is 0.530. The molecule has 1 aromatic rings. The largest absolute Gasteiger partial charge is 0.390 e. The second-order valence-corrected chi connectivity index (χ2v) is 5.16. The molecule has 7 nitrogen and oxygen atoms in total. The first-order valence-corrected chi connectivity index (χ1v) is 6.66. The lowest BCUT2D eigenvalue weighted by atomic mass is 10.0. The van der Waals surface area contributed by atoms with E-state index >= 15 is 0 Å². The Balaban J connectivity index is 2.83. The molecule has 3 N–H and O–H groups in total. The van der Waals surface area contributed by atoms with E-state index in [0.29, 0.717) is 4.47 Å². The maximum atomic E-state index is 10.9. The summed E-state index contributed by atoms with van der Waals surface area (Å²) in [6.07, 6.45) is -2.51. The average molecular weight is 347 g/mol. The van der Waals surface area contributed by atoms with Gasteiger partial charge in [0.1, 0.15) is 6.10 Å². The molecule has 8 heteroatoms. The third-order valence-corrected chi connectivity index (χ3v) is 3.18. The number of rotatable bonds is 6. The average Bonchev–Trinajstić information content (AvgIpc) is 2.37. The predicted molar refractivity (Wildman–Crippen MR) is 75.1 cm³/mol. The number of aliphatic hydroxyl groups is 2. The summed E-state index contributed by atoms with van der Waals surface area (Å²) in [7, 11) is 0. The van der Waals surface area contributed by atoms with Gasteiger partial charge in [-0.1, -0.05) is 15.9 Å². The Bertz CT molecular complexity index is 509. The van der Waals surface area contributed by atoms with E-state index in [1.807, 2.05) is 0 Å². The summed E-state index contributed by atoms with van der Waals surface area (Å²) < 4.78 is 0.507. The van der Waals surface area contributed by atoms with Crippen molar-refractivity contribution in [2.24, 2.45) is 0 Å². The molecule has 0 aliphatic carbocycles. The maximum Gasteiger partial charge on any atom is 0.276 e. The van der Waals surface area contributed by atoms with Crippen LogP contribution in [0.15, 0.2) is 22.7 Å². The summed E-state index contributed by atoms with van der Waals surface area (Å²) in [5, 5.41) is 33.2. The molecule has 0 bridgehead atoms. The molecular weight excluding hydrogens is 332 g/mol. The van der Waals surface area contributed by atoms with Crippen molar-refractivity contribution in [2.75, 3.05) is 6.54 Å². The number of benzene rings is 1. The normalized spacial score (nSPS) is 13.6. The number of hydrogen-bond donors (Lipinski definition) is 3. The molecule has 1 amide bonds. The summed E-state index contributed by atoms with van der Waals surface area (Å²) in [5.41, 5.74) is -0.237. The number of nitrogens with zero attached hydrogens (tertiary/aromatic N) is 1. The van der Waals surface area contributed by atoms with Gasteiger partial charge in [-0.3, -0.25) is 14.9 Å². The Morgan fingerprint density at radius 2 is 2.15 bits per heavy atom. The Morgan fingerprint density at radius 1 is 1.50 bits per heavy atom. The van der Waals surface area contributed by atoms with E-state index in [-0.39, 0.29) is 30.1 Å². The molecule has 0 saturated heterocycles. The minimum absolute atomic E-state index is 0.0357. The maximum absolute atomic E-state index is 10.9. The van der Waals surface area contributed by atoms with Crippen LogP contribution < -0.4 is 5.32 Å². The predicted octanol–water partition coefficient (Wildman–Crippen LogP) is 1.28. The van der Waals surface area contributed by atoms with E-state index in [9.17, 15) is 25.1 Å². The fourth-order valence-electron chi connectivity index (χ4n) is 1.69. The highest BCUT2D eigenvalue weighted by atomic mass is 79.9. The zero-order chi connectivity index (χ0) is 15.3. The molecule has 2 atom stereocenters. The molecular formula is C12H15BrN2O5. The van der Waals surface area contributed by atoms with Gasteiger partial charge in [0.25, 0.3) is 5.69 Å². The van der Waals surface area contributed by atoms with E-state index in [4.69, 9.17) is 0 Å². The van der Waals surface area contributed by atoms with Crippen molar-refractivity contribution < 1.29 is 19.9 Å².